The van der Waals surface area contributed by atoms with Gasteiger partial charge < -0.3 is 24.8 Å². The lowest BCUT2D eigenvalue weighted by Crippen LogP contribution is -2.43. The number of carbonyl (C=O) groups is 2. The van der Waals surface area contributed by atoms with Gasteiger partial charge in [-0.2, -0.15) is 0 Å². The molecule has 1 aliphatic carbocycles. The molecular weight excluding hydrogens is 466 g/mol. The van der Waals surface area contributed by atoms with Crippen molar-refractivity contribution in [3.8, 4) is 16.9 Å². The first-order valence-corrected chi connectivity index (χ1v) is 11.4. The maximum absolute atomic E-state index is 12.5. The van der Waals surface area contributed by atoms with Crippen molar-refractivity contribution >= 4 is 23.9 Å². The molecule has 0 saturated carbocycles. The largest absolute Gasteiger partial charge is 0.449 e. The van der Waals surface area contributed by atoms with Crippen LogP contribution in [0.15, 0.2) is 60.7 Å². The minimum Gasteiger partial charge on any atom is -0.449 e. The lowest BCUT2D eigenvalue weighted by molar-refractivity contribution is -0.384. The fourth-order valence-electron chi connectivity index (χ4n) is 5.02. The molecule has 1 aliphatic heterocycles. The summed E-state index contributed by atoms with van der Waals surface area (Å²) >= 11 is 0. The molecule has 1 atom stereocenters. The third kappa shape index (κ3) is 4.22. The van der Waals surface area contributed by atoms with Crippen molar-refractivity contribution < 1.29 is 29.1 Å². The molecular formula is C26H23N3O7. The van der Waals surface area contributed by atoms with Crippen LogP contribution in [-0.4, -0.2) is 48.5 Å². The standard InChI is InChI=1S/C26H23N3O7/c30-15-36-17-11-16-9-10-28(25(16)23(12-17)29(33)34)24(31)13-27-26(32)35-14-22-20-7-3-1-5-18(20)19-6-2-4-8-21(19)22/h1-8,11-12,15,22,24,31H,9-10,13-14H2,(H,27,32). The molecule has 0 aromatic heterocycles. The number of fused-ring (bicyclic) bond motifs is 4. The van der Waals surface area contributed by atoms with Crippen molar-refractivity contribution in [2.24, 2.45) is 0 Å². The second-order valence-electron chi connectivity index (χ2n) is 8.55. The number of nitrogens with one attached hydrogen (secondary N) is 1. The Kier molecular flexibility index (Phi) is 6.26. The van der Waals surface area contributed by atoms with E-state index in [0.717, 1.165) is 28.3 Å². The Morgan fingerprint density at radius 2 is 1.83 bits per heavy atom. The second kappa shape index (κ2) is 9.67. The molecule has 0 spiro atoms. The third-order valence-electron chi connectivity index (χ3n) is 6.56. The van der Waals surface area contributed by atoms with E-state index in [1.54, 1.807) is 0 Å². The molecule has 10 nitrogen and oxygen atoms in total. The monoisotopic (exact) mass is 489 g/mol. The van der Waals surface area contributed by atoms with E-state index in [1.165, 1.54) is 11.0 Å². The lowest BCUT2D eigenvalue weighted by Gasteiger charge is -2.26. The molecule has 3 aromatic rings. The highest BCUT2D eigenvalue weighted by Gasteiger charge is 2.34. The highest BCUT2D eigenvalue weighted by molar-refractivity contribution is 5.79. The van der Waals surface area contributed by atoms with Crippen LogP contribution in [0.1, 0.15) is 22.6 Å². The topological polar surface area (TPSA) is 131 Å². The Morgan fingerprint density at radius 3 is 2.47 bits per heavy atom. The van der Waals surface area contributed by atoms with E-state index < -0.39 is 17.2 Å². The molecule has 0 saturated heterocycles. The molecule has 3 aromatic carbocycles. The molecule has 5 rings (SSSR count). The summed E-state index contributed by atoms with van der Waals surface area (Å²) < 4.78 is 10.3. The van der Waals surface area contributed by atoms with Crippen molar-refractivity contribution in [3.05, 3.63) is 87.5 Å². The normalized spacial score (nSPS) is 14.4. The summed E-state index contributed by atoms with van der Waals surface area (Å²) in [5, 5.41) is 24.9. The number of nitro groups is 1. The molecule has 2 N–H and O–H groups in total. The van der Waals surface area contributed by atoms with Gasteiger partial charge in [-0.25, -0.2) is 4.79 Å². The molecule has 1 heterocycles. The van der Waals surface area contributed by atoms with Crippen LogP contribution in [0.25, 0.3) is 11.1 Å². The van der Waals surface area contributed by atoms with Gasteiger partial charge in [0.2, 0.25) is 0 Å². The molecule has 0 radical (unpaired) electrons. The number of hydrogen-bond acceptors (Lipinski definition) is 8. The number of nitro benzene ring substituents is 1. The fraction of sp³-hybridized carbons (Fsp3) is 0.231. The molecule has 36 heavy (non-hydrogen) atoms. The van der Waals surface area contributed by atoms with Crippen molar-refractivity contribution in [2.75, 3.05) is 24.6 Å². The van der Waals surface area contributed by atoms with Crippen LogP contribution in [0.4, 0.5) is 16.2 Å². The molecule has 184 valence electrons. The van der Waals surface area contributed by atoms with E-state index in [9.17, 15) is 24.8 Å². The first kappa shape index (κ1) is 23.3. The predicted octanol–water partition coefficient (Wildman–Crippen LogP) is 3.35. The van der Waals surface area contributed by atoms with Crippen molar-refractivity contribution in [1.29, 1.82) is 0 Å². The zero-order valence-corrected chi connectivity index (χ0v) is 19.1. The van der Waals surface area contributed by atoms with Gasteiger partial charge in [-0.1, -0.05) is 48.5 Å². The van der Waals surface area contributed by atoms with E-state index in [2.05, 4.69) is 5.32 Å². The van der Waals surface area contributed by atoms with Crippen LogP contribution < -0.4 is 15.0 Å². The van der Waals surface area contributed by atoms with Gasteiger partial charge in [0.05, 0.1) is 17.5 Å². The van der Waals surface area contributed by atoms with Gasteiger partial charge in [0.25, 0.3) is 12.2 Å². The molecule has 0 bridgehead atoms. The summed E-state index contributed by atoms with van der Waals surface area (Å²) in [6, 6.07) is 18.7. The average Bonchev–Trinajstić information content (AvgIpc) is 3.45. The number of anilines is 1. The summed E-state index contributed by atoms with van der Waals surface area (Å²) in [7, 11) is 0. The molecule has 1 unspecified atom stereocenters. The number of amides is 1. The smallest absolute Gasteiger partial charge is 0.407 e. The lowest BCUT2D eigenvalue weighted by atomic mass is 9.98. The van der Waals surface area contributed by atoms with Crippen molar-refractivity contribution in [3.63, 3.8) is 0 Å². The van der Waals surface area contributed by atoms with E-state index in [4.69, 9.17) is 9.47 Å². The number of benzene rings is 3. The number of aliphatic hydroxyl groups is 1. The number of carbonyl (C=O) groups excluding carboxylic acids is 2. The van der Waals surface area contributed by atoms with Crippen LogP contribution in [0.2, 0.25) is 0 Å². The van der Waals surface area contributed by atoms with Crippen molar-refractivity contribution in [2.45, 2.75) is 18.6 Å². The summed E-state index contributed by atoms with van der Waals surface area (Å²) in [4.78, 5) is 35.6. The summed E-state index contributed by atoms with van der Waals surface area (Å²) in [5.41, 5.74) is 4.93. The Balaban J connectivity index is 1.23. The van der Waals surface area contributed by atoms with Gasteiger partial charge in [-0.15, -0.1) is 0 Å². The third-order valence-corrected chi connectivity index (χ3v) is 6.56. The first-order chi connectivity index (χ1) is 17.5. The number of rotatable bonds is 8. The maximum atomic E-state index is 12.5. The van der Waals surface area contributed by atoms with E-state index >= 15 is 0 Å². The fourth-order valence-corrected chi connectivity index (χ4v) is 5.02. The van der Waals surface area contributed by atoms with Gasteiger partial charge in [-0.3, -0.25) is 14.9 Å². The minimum absolute atomic E-state index is 0.0588. The molecule has 0 fully saturated rings. The molecule has 1 amide bonds. The Morgan fingerprint density at radius 1 is 1.17 bits per heavy atom. The second-order valence-corrected chi connectivity index (χ2v) is 8.55. The predicted molar refractivity (Wildman–Crippen MR) is 130 cm³/mol. The Labute approximate surface area is 206 Å². The van der Waals surface area contributed by atoms with Gasteiger partial charge in [0.15, 0.2) is 0 Å². The quantitative estimate of drug-likeness (QED) is 0.280. The summed E-state index contributed by atoms with van der Waals surface area (Å²) in [5.74, 6) is -0.0347. The number of aliphatic hydroxyl groups excluding tert-OH is 1. The van der Waals surface area contributed by atoms with Crippen LogP contribution >= 0.6 is 0 Å². The number of ether oxygens (including phenoxy) is 2. The van der Waals surface area contributed by atoms with E-state index in [1.807, 2.05) is 48.5 Å². The zero-order valence-electron chi connectivity index (χ0n) is 19.1. The van der Waals surface area contributed by atoms with Crippen LogP contribution in [-0.2, 0) is 16.0 Å². The van der Waals surface area contributed by atoms with Gasteiger partial charge >= 0.3 is 6.09 Å². The van der Waals surface area contributed by atoms with Gasteiger partial charge in [0, 0.05) is 12.5 Å². The van der Waals surface area contributed by atoms with Crippen molar-refractivity contribution in [1.82, 2.24) is 5.32 Å². The van der Waals surface area contributed by atoms with E-state index in [0.29, 0.717) is 18.5 Å². The van der Waals surface area contributed by atoms with Crippen LogP contribution in [0, 0.1) is 10.1 Å². The van der Waals surface area contributed by atoms with Gasteiger partial charge in [-0.05, 0) is 40.3 Å². The number of nitrogens with zero attached hydrogens (tertiary/aromatic N) is 2. The average molecular weight is 489 g/mol. The van der Waals surface area contributed by atoms with E-state index in [-0.39, 0.29) is 42.7 Å². The van der Waals surface area contributed by atoms with Crippen LogP contribution in [0.3, 0.4) is 0 Å². The molecule has 10 heteroatoms. The maximum Gasteiger partial charge on any atom is 0.407 e. The first-order valence-electron chi connectivity index (χ1n) is 11.4. The Bertz CT molecular complexity index is 1300. The minimum atomic E-state index is -1.22. The van der Waals surface area contributed by atoms with Gasteiger partial charge in [0.1, 0.15) is 24.3 Å². The number of alkyl carbamates (subject to hydrolysis) is 1. The zero-order chi connectivity index (χ0) is 25.2. The SMILES string of the molecule is O=COc1cc2c(c([N+](=O)[O-])c1)N(C(O)CNC(=O)OCC1c3ccccc3-c3ccccc31)CC2. The highest BCUT2D eigenvalue weighted by atomic mass is 16.6. The highest BCUT2D eigenvalue weighted by Crippen LogP contribution is 2.44. The molecule has 2 aliphatic rings. The summed E-state index contributed by atoms with van der Waals surface area (Å²) in [6.07, 6.45) is -1.50. The van der Waals surface area contributed by atoms with Crippen LogP contribution in [0.5, 0.6) is 5.75 Å². The summed E-state index contributed by atoms with van der Waals surface area (Å²) in [6.45, 7) is 0.437. The Hall–Kier alpha value is -4.44. The number of hydrogen-bond donors (Lipinski definition) is 2.